The van der Waals surface area contributed by atoms with Crippen LogP contribution < -0.4 is 5.73 Å². The Morgan fingerprint density at radius 3 is 2.76 bits per heavy atom. The molecule has 0 saturated carbocycles. The number of hydrogen-bond donors (Lipinski definition) is 1. The monoisotopic (exact) mass is 309 g/mol. The van der Waals surface area contributed by atoms with Crippen molar-refractivity contribution in [3.63, 3.8) is 0 Å². The van der Waals surface area contributed by atoms with E-state index in [1.54, 1.807) is 6.92 Å². The number of benzene rings is 1. The molecule has 0 bridgehead atoms. The van der Waals surface area contributed by atoms with Crippen LogP contribution >= 0.6 is 11.6 Å². The lowest BCUT2D eigenvalue weighted by atomic mass is 10.1. The van der Waals surface area contributed by atoms with Gasteiger partial charge in [-0.25, -0.2) is 0 Å². The molecule has 1 aromatic carbocycles. The predicted molar refractivity (Wildman–Crippen MR) is 82.1 cm³/mol. The maximum atomic E-state index is 6.21. The fourth-order valence-electron chi connectivity index (χ4n) is 1.76. The molecule has 0 aliphatic carbocycles. The van der Waals surface area contributed by atoms with Gasteiger partial charge in [-0.3, -0.25) is 0 Å². The molecule has 2 N–H and O–H groups in total. The zero-order chi connectivity index (χ0) is 15.6. The second-order valence-corrected chi connectivity index (χ2v) is 6.09. The summed E-state index contributed by atoms with van der Waals surface area (Å²) in [6, 6.07) is 5.65. The third-order valence-electron chi connectivity index (χ3n) is 3.01. The number of rotatable bonds is 5. The van der Waals surface area contributed by atoms with Crippen LogP contribution in [0.3, 0.4) is 0 Å². The molecule has 1 unspecified atom stereocenters. The summed E-state index contributed by atoms with van der Waals surface area (Å²) in [7, 11) is 0. The van der Waals surface area contributed by atoms with Gasteiger partial charge in [0.15, 0.2) is 5.82 Å². The molecule has 1 atom stereocenters. The van der Waals surface area contributed by atoms with E-state index in [0.29, 0.717) is 28.9 Å². The van der Waals surface area contributed by atoms with Crippen LogP contribution in [0.25, 0.3) is 11.5 Å². The highest BCUT2D eigenvalue weighted by atomic mass is 35.5. The van der Waals surface area contributed by atoms with Crippen molar-refractivity contribution in [2.75, 3.05) is 6.61 Å². The van der Waals surface area contributed by atoms with Crippen molar-refractivity contribution in [2.24, 2.45) is 5.73 Å². The minimum absolute atomic E-state index is 0.0887. The molecule has 0 amide bonds. The van der Waals surface area contributed by atoms with E-state index in [4.69, 9.17) is 26.6 Å². The largest absolute Gasteiger partial charge is 0.376 e. The summed E-state index contributed by atoms with van der Waals surface area (Å²) in [6.07, 6.45) is 0.0887. The van der Waals surface area contributed by atoms with Gasteiger partial charge < -0.3 is 15.0 Å². The van der Waals surface area contributed by atoms with E-state index >= 15 is 0 Å². The molecule has 21 heavy (non-hydrogen) atoms. The number of aryl methyl sites for hydroxylation is 1. The topological polar surface area (TPSA) is 74.2 Å². The van der Waals surface area contributed by atoms with Gasteiger partial charge in [0.1, 0.15) is 5.54 Å². The molecule has 6 heteroatoms. The Labute approximate surface area is 129 Å². The van der Waals surface area contributed by atoms with Crippen LogP contribution in [0.1, 0.15) is 32.2 Å². The van der Waals surface area contributed by atoms with Crippen molar-refractivity contribution in [1.29, 1.82) is 0 Å². The third-order valence-corrected chi connectivity index (χ3v) is 3.32. The minimum atomic E-state index is -0.816. The molecule has 0 aliphatic rings. The summed E-state index contributed by atoms with van der Waals surface area (Å²) in [5, 5.41) is 4.53. The average Bonchev–Trinajstić information content (AvgIpc) is 2.86. The first-order valence-electron chi connectivity index (χ1n) is 6.81. The molecular formula is C15H20ClN3O2. The number of halogens is 1. The molecule has 0 fully saturated rings. The highest BCUT2D eigenvalue weighted by Gasteiger charge is 2.29. The first-order valence-corrected chi connectivity index (χ1v) is 7.18. The van der Waals surface area contributed by atoms with Crippen LogP contribution in [-0.4, -0.2) is 22.9 Å². The van der Waals surface area contributed by atoms with Gasteiger partial charge in [0, 0.05) is 0 Å². The van der Waals surface area contributed by atoms with Crippen LogP contribution in [0, 0.1) is 6.92 Å². The molecule has 5 nitrogen and oxygen atoms in total. The Morgan fingerprint density at radius 1 is 1.43 bits per heavy atom. The van der Waals surface area contributed by atoms with Crippen molar-refractivity contribution in [2.45, 2.75) is 39.3 Å². The number of nitrogens with zero attached hydrogens (tertiary/aromatic N) is 2. The van der Waals surface area contributed by atoms with E-state index in [1.807, 2.05) is 39.0 Å². The van der Waals surface area contributed by atoms with Crippen LogP contribution in [0.5, 0.6) is 0 Å². The fraction of sp³-hybridized carbons (Fsp3) is 0.467. The maximum Gasteiger partial charge on any atom is 0.259 e. The predicted octanol–water partition coefficient (Wildman–Crippen LogP) is 3.30. The lowest BCUT2D eigenvalue weighted by Gasteiger charge is -2.21. The highest BCUT2D eigenvalue weighted by Crippen LogP contribution is 2.28. The van der Waals surface area contributed by atoms with E-state index in [1.165, 1.54) is 0 Å². The van der Waals surface area contributed by atoms with Gasteiger partial charge in [0.05, 0.1) is 23.3 Å². The first-order chi connectivity index (χ1) is 9.79. The van der Waals surface area contributed by atoms with E-state index in [9.17, 15) is 0 Å². The molecule has 0 aliphatic heterocycles. The number of nitrogens with two attached hydrogens (primary N) is 1. The summed E-state index contributed by atoms with van der Waals surface area (Å²) >= 11 is 6.21. The van der Waals surface area contributed by atoms with E-state index in [2.05, 4.69) is 10.1 Å². The van der Waals surface area contributed by atoms with Crippen molar-refractivity contribution >= 4 is 11.6 Å². The first kappa shape index (κ1) is 15.9. The molecular weight excluding hydrogens is 290 g/mol. The lowest BCUT2D eigenvalue weighted by molar-refractivity contribution is 0.0410. The maximum absolute atomic E-state index is 6.21. The molecule has 1 aromatic heterocycles. The molecule has 1 heterocycles. The molecule has 0 radical (unpaired) electrons. The number of aromatic nitrogens is 2. The normalized spacial score (nSPS) is 14.4. The SMILES string of the molecule is Cc1ccc(-c2nc(C(C)(N)COC(C)C)no2)c(Cl)c1. The smallest absolute Gasteiger partial charge is 0.259 e. The number of ether oxygens (including phenoxy) is 1. The molecule has 2 rings (SSSR count). The number of hydrogen-bond acceptors (Lipinski definition) is 5. The molecule has 2 aromatic rings. The third kappa shape index (κ3) is 3.81. The van der Waals surface area contributed by atoms with E-state index < -0.39 is 5.54 Å². The van der Waals surface area contributed by atoms with Crippen molar-refractivity contribution in [3.05, 3.63) is 34.6 Å². The van der Waals surface area contributed by atoms with Gasteiger partial charge >= 0.3 is 0 Å². The Morgan fingerprint density at radius 2 is 2.14 bits per heavy atom. The summed E-state index contributed by atoms with van der Waals surface area (Å²) in [4.78, 5) is 4.35. The zero-order valence-corrected chi connectivity index (χ0v) is 13.4. The Kier molecular flexibility index (Phi) is 4.66. The minimum Gasteiger partial charge on any atom is -0.376 e. The fourth-order valence-corrected chi connectivity index (χ4v) is 2.08. The molecule has 114 valence electrons. The second kappa shape index (κ2) is 6.13. The van der Waals surface area contributed by atoms with Crippen molar-refractivity contribution in [1.82, 2.24) is 10.1 Å². The summed E-state index contributed by atoms with van der Waals surface area (Å²) in [6.45, 7) is 7.98. The van der Waals surface area contributed by atoms with Gasteiger partial charge in [0.25, 0.3) is 5.89 Å². The second-order valence-electron chi connectivity index (χ2n) is 5.68. The van der Waals surface area contributed by atoms with E-state index in [0.717, 1.165) is 5.56 Å². The summed E-state index contributed by atoms with van der Waals surface area (Å²) < 4.78 is 10.8. The zero-order valence-electron chi connectivity index (χ0n) is 12.7. The standard InChI is InChI=1S/C15H20ClN3O2/c1-9(2)20-8-15(4,17)14-18-13(21-19-14)11-6-5-10(3)7-12(11)16/h5-7,9H,8,17H2,1-4H3. The lowest BCUT2D eigenvalue weighted by Crippen LogP contribution is -2.40. The summed E-state index contributed by atoms with van der Waals surface area (Å²) in [5.74, 6) is 0.756. The molecule has 0 saturated heterocycles. The molecule has 0 spiro atoms. The van der Waals surface area contributed by atoms with Crippen LogP contribution in [0.15, 0.2) is 22.7 Å². The highest BCUT2D eigenvalue weighted by molar-refractivity contribution is 6.33. The van der Waals surface area contributed by atoms with Gasteiger partial charge in [-0.2, -0.15) is 4.98 Å². The van der Waals surface area contributed by atoms with Crippen LogP contribution in [0.2, 0.25) is 5.02 Å². The van der Waals surface area contributed by atoms with Gasteiger partial charge in [0.2, 0.25) is 0 Å². The summed E-state index contributed by atoms with van der Waals surface area (Å²) in [5.41, 5.74) is 7.14. The van der Waals surface area contributed by atoms with Gasteiger partial charge in [-0.05, 0) is 45.4 Å². The Balaban J connectivity index is 2.25. The van der Waals surface area contributed by atoms with Crippen LogP contribution in [0.4, 0.5) is 0 Å². The Bertz CT molecular complexity index is 623. The van der Waals surface area contributed by atoms with Crippen LogP contribution in [-0.2, 0) is 10.3 Å². The van der Waals surface area contributed by atoms with Crippen molar-refractivity contribution < 1.29 is 9.26 Å². The van der Waals surface area contributed by atoms with Gasteiger partial charge in [-0.15, -0.1) is 0 Å². The van der Waals surface area contributed by atoms with Crippen molar-refractivity contribution in [3.8, 4) is 11.5 Å². The Hall–Kier alpha value is -1.43. The quantitative estimate of drug-likeness (QED) is 0.917. The van der Waals surface area contributed by atoms with E-state index in [-0.39, 0.29) is 6.10 Å². The average molecular weight is 310 g/mol. The van der Waals surface area contributed by atoms with Gasteiger partial charge in [-0.1, -0.05) is 22.8 Å².